The van der Waals surface area contributed by atoms with E-state index >= 15 is 0 Å². The Morgan fingerprint density at radius 3 is 2.41 bits per heavy atom. The number of hydrogen-bond acceptors (Lipinski definition) is 3. The number of aliphatic carboxylic acids is 1. The molecule has 0 aromatic carbocycles. The summed E-state index contributed by atoms with van der Waals surface area (Å²) in [5.41, 5.74) is 3.23. The highest BCUT2D eigenvalue weighted by Crippen LogP contribution is 2.24. The van der Waals surface area contributed by atoms with Crippen molar-refractivity contribution in [3.63, 3.8) is 0 Å². The lowest BCUT2D eigenvalue weighted by molar-refractivity contribution is -0.142. The Morgan fingerprint density at radius 2 is 1.91 bits per heavy atom. The van der Waals surface area contributed by atoms with Gasteiger partial charge in [-0.1, -0.05) is 0 Å². The smallest absolute Gasteiger partial charge is 0.306 e. The monoisotopic (exact) mass is 307 g/mol. The Balaban J connectivity index is 1.78. The number of rotatable bonds is 5. The first-order chi connectivity index (χ1) is 10.4. The third kappa shape index (κ3) is 3.87. The van der Waals surface area contributed by atoms with E-state index in [1.807, 2.05) is 25.6 Å². The van der Waals surface area contributed by atoms with Gasteiger partial charge in [0.2, 0.25) is 5.91 Å². The number of carbonyl (C=O) groups is 2. The summed E-state index contributed by atoms with van der Waals surface area (Å²) in [6, 6.07) is 0.124. The molecular formula is C16H25N3O3. The molecule has 0 radical (unpaired) electrons. The zero-order valence-electron chi connectivity index (χ0n) is 13.6. The molecule has 1 fully saturated rings. The number of carbonyl (C=O) groups excluding carboxylic acids is 1. The van der Waals surface area contributed by atoms with Gasteiger partial charge in [-0.3, -0.25) is 14.3 Å². The Kier molecular flexibility index (Phi) is 5.21. The second-order valence-electron chi connectivity index (χ2n) is 6.23. The van der Waals surface area contributed by atoms with E-state index in [2.05, 4.69) is 10.4 Å². The molecule has 2 N–H and O–H groups in total. The average Bonchev–Trinajstić information content (AvgIpc) is 2.70. The van der Waals surface area contributed by atoms with Gasteiger partial charge in [0.15, 0.2) is 0 Å². The molecule has 2 rings (SSSR count). The fourth-order valence-corrected chi connectivity index (χ4v) is 3.20. The molecule has 22 heavy (non-hydrogen) atoms. The van der Waals surface area contributed by atoms with Gasteiger partial charge in [0.05, 0.1) is 11.6 Å². The normalized spacial score (nSPS) is 21.6. The Hall–Kier alpha value is -1.85. The zero-order chi connectivity index (χ0) is 16.3. The molecule has 1 saturated carbocycles. The molecule has 0 saturated heterocycles. The number of carboxylic acid groups (broad SMARTS) is 1. The van der Waals surface area contributed by atoms with Crippen LogP contribution in [0.3, 0.4) is 0 Å². The number of hydrogen-bond donors (Lipinski definition) is 2. The third-order valence-corrected chi connectivity index (χ3v) is 4.70. The maximum Gasteiger partial charge on any atom is 0.306 e. The van der Waals surface area contributed by atoms with Gasteiger partial charge >= 0.3 is 5.97 Å². The van der Waals surface area contributed by atoms with Crippen LogP contribution in [0.2, 0.25) is 0 Å². The molecule has 122 valence electrons. The topological polar surface area (TPSA) is 84.2 Å². The van der Waals surface area contributed by atoms with E-state index in [4.69, 9.17) is 5.11 Å². The van der Waals surface area contributed by atoms with Gasteiger partial charge in [0.1, 0.15) is 0 Å². The summed E-state index contributed by atoms with van der Waals surface area (Å²) in [5, 5.41) is 16.4. The van der Waals surface area contributed by atoms with E-state index < -0.39 is 5.97 Å². The van der Waals surface area contributed by atoms with E-state index in [9.17, 15) is 9.59 Å². The highest BCUT2D eigenvalue weighted by molar-refractivity contribution is 5.76. The zero-order valence-corrected chi connectivity index (χ0v) is 13.6. The molecule has 0 spiro atoms. The van der Waals surface area contributed by atoms with Crippen molar-refractivity contribution in [2.45, 2.75) is 58.4 Å². The van der Waals surface area contributed by atoms with Crippen molar-refractivity contribution in [2.75, 3.05) is 0 Å². The van der Waals surface area contributed by atoms with Crippen molar-refractivity contribution >= 4 is 11.9 Å². The standard InChI is InChI=1S/C16H25N3O3/c1-10-14(11(2)19(3)18-10)8-9-15(20)17-13-6-4-12(5-7-13)16(21)22/h12-13H,4-9H2,1-3H3,(H,17,20)(H,21,22). The van der Waals surface area contributed by atoms with Crippen LogP contribution in [-0.2, 0) is 23.1 Å². The van der Waals surface area contributed by atoms with Gasteiger partial charge in [-0.25, -0.2) is 0 Å². The summed E-state index contributed by atoms with van der Waals surface area (Å²) in [6.45, 7) is 3.98. The maximum atomic E-state index is 12.1. The Bertz CT molecular complexity index is 557. The van der Waals surface area contributed by atoms with Gasteiger partial charge < -0.3 is 10.4 Å². The molecule has 0 bridgehead atoms. The Labute approximate surface area is 130 Å². The van der Waals surface area contributed by atoms with Crippen molar-refractivity contribution < 1.29 is 14.7 Å². The quantitative estimate of drug-likeness (QED) is 0.867. The predicted molar refractivity (Wildman–Crippen MR) is 82.5 cm³/mol. The minimum atomic E-state index is -0.715. The number of nitrogens with one attached hydrogen (secondary N) is 1. The fourth-order valence-electron chi connectivity index (χ4n) is 3.20. The van der Waals surface area contributed by atoms with Crippen LogP contribution in [0, 0.1) is 19.8 Å². The average molecular weight is 307 g/mol. The fraction of sp³-hybridized carbons (Fsp3) is 0.688. The second-order valence-corrected chi connectivity index (χ2v) is 6.23. The molecule has 1 aromatic heterocycles. The van der Waals surface area contributed by atoms with E-state index in [0.717, 1.165) is 29.8 Å². The molecule has 1 heterocycles. The molecule has 0 unspecified atom stereocenters. The third-order valence-electron chi connectivity index (χ3n) is 4.70. The van der Waals surface area contributed by atoms with Crippen LogP contribution >= 0.6 is 0 Å². The van der Waals surface area contributed by atoms with Gasteiger partial charge in [-0.2, -0.15) is 5.10 Å². The SMILES string of the molecule is Cc1nn(C)c(C)c1CCC(=O)NC1CCC(C(=O)O)CC1. The molecule has 1 aliphatic carbocycles. The summed E-state index contributed by atoms with van der Waals surface area (Å²) in [6.07, 6.45) is 3.97. The van der Waals surface area contributed by atoms with Crippen molar-refractivity contribution in [3.05, 3.63) is 17.0 Å². The summed E-state index contributed by atoms with van der Waals surface area (Å²) < 4.78 is 1.84. The van der Waals surface area contributed by atoms with Crippen LogP contribution in [0.15, 0.2) is 0 Å². The molecule has 1 amide bonds. The lowest BCUT2D eigenvalue weighted by Crippen LogP contribution is -2.38. The van der Waals surface area contributed by atoms with Crippen LogP contribution in [0.1, 0.15) is 49.1 Å². The molecular weight excluding hydrogens is 282 g/mol. The number of aromatic nitrogens is 2. The molecule has 6 nitrogen and oxygen atoms in total. The van der Waals surface area contributed by atoms with E-state index in [1.165, 1.54) is 0 Å². The minimum absolute atomic E-state index is 0.0430. The number of amides is 1. The summed E-state index contributed by atoms with van der Waals surface area (Å²) in [4.78, 5) is 23.0. The lowest BCUT2D eigenvalue weighted by atomic mass is 9.86. The number of carboxylic acids is 1. The molecule has 0 atom stereocenters. The highest BCUT2D eigenvalue weighted by atomic mass is 16.4. The van der Waals surface area contributed by atoms with E-state index in [-0.39, 0.29) is 17.9 Å². The van der Waals surface area contributed by atoms with Gasteiger partial charge in [-0.15, -0.1) is 0 Å². The predicted octanol–water partition coefficient (Wildman–Crippen LogP) is 1.73. The summed E-state index contributed by atoms with van der Waals surface area (Å²) >= 11 is 0. The van der Waals surface area contributed by atoms with Crippen LogP contribution in [0.5, 0.6) is 0 Å². The number of aryl methyl sites for hydroxylation is 2. The summed E-state index contributed by atoms with van der Waals surface area (Å²) in [5.74, 6) is -0.914. The van der Waals surface area contributed by atoms with E-state index in [0.29, 0.717) is 25.7 Å². The van der Waals surface area contributed by atoms with Gasteiger partial charge in [-0.05, 0) is 51.5 Å². The van der Waals surface area contributed by atoms with Crippen molar-refractivity contribution in [2.24, 2.45) is 13.0 Å². The highest BCUT2D eigenvalue weighted by Gasteiger charge is 2.26. The minimum Gasteiger partial charge on any atom is -0.481 e. The first-order valence-corrected chi connectivity index (χ1v) is 7.89. The summed E-state index contributed by atoms with van der Waals surface area (Å²) in [7, 11) is 1.91. The Morgan fingerprint density at radius 1 is 1.27 bits per heavy atom. The first kappa shape index (κ1) is 16.5. The largest absolute Gasteiger partial charge is 0.481 e. The second kappa shape index (κ2) is 6.94. The molecule has 1 aliphatic rings. The van der Waals surface area contributed by atoms with Gasteiger partial charge in [0, 0.05) is 25.2 Å². The number of nitrogens with zero attached hydrogens (tertiary/aromatic N) is 2. The van der Waals surface area contributed by atoms with Crippen molar-refractivity contribution in [1.29, 1.82) is 0 Å². The maximum absolute atomic E-state index is 12.1. The van der Waals surface area contributed by atoms with Crippen molar-refractivity contribution in [1.82, 2.24) is 15.1 Å². The molecule has 6 heteroatoms. The lowest BCUT2D eigenvalue weighted by Gasteiger charge is -2.26. The van der Waals surface area contributed by atoms with Crippen molar-refractivity contribution in [3.8, 4) is 0 Å². The first-order valence-electron chi connectivity index (χ1n) is 7.89. The van der Waals surface area contributed by atoms with Crippen LogP contribution in [-0.4, -0.2) is 32.8 Å². The van der Waals surface area contributed by atoms with E-state index in [1.54, 1.807) is 0 Å². The van der Waals surface area contributed by atoms with Crippen LogP contribution in [0.4, 0.5) is 0 Å². The van der Waals surface area contributed by atoms with Gasteiger partial charge in [0.25, 0.3) is 0 Å². The molecule has 0 aliphatic heterocycles. The van der Waals surface area contributed by atoms with Crippen LogP contribution in [0.25, 0.3) is 0 Å². The van der Waals surface area contributed by atoms with Crippen LogP contribution < -0.4 is 5.32 Å². The molecule has 1 aromatic rings.